The second kappa shape index (κ2) is 2.71. The van der Waals surface area contributed by atoms with Crippen molar-refractivity contribution in [2.24, 2.45) is 5.92 Å². The van der Waals surface area contributed by atoms with Crippen molar-refractivity contribution in [1.82, 2.24) is 10.2 Å². The topological polar surface area (TPSA) is 32.3 Å². The summed E-state index contributed by atoms with van der Waals surface area (Å²) in [4.78, 5) is 13.5. The van der Waals surface area contributed by atoms with Crippen molar-refractivity contribution in [3.63, 3.8) is 0 Å². The highest BCUT2D eigenvalue weighted by molar-refractivity contribution is 5.79. The zero-order valence-electron chi connectivity index (χ0n) is 8.63. The fourth-order valence-electron chi connectivity index (χ4n) is 2.29. The van der Waals surface area contributed by atoms with Crippen LogP contribution in [0.1, 0.15) is 27.2 Å². The van der Waals surface area contributed by atoms with Crippen LogP contribution in [0.4, 0.5) is 0 Å². The first kappa shape index (κ1) is 9.00. The molecule has 0 aromatic rings. The first-order valence-corrected chi connectivity index (χ1v) is 5.01. The molecule has 1 N–H and O–H groups in total. The quantitative estimate of drug-likeness (QED) is 0.595. The summed E-state index contributed by atoms with van der Waals surface area (Å²) in [6.07, 6.45) is 0.733. The zero-order chi connectivity index (χ0) is 9.64. The molecule has 0 aliphatic carbocycles. The molecule has 0 aromatic carbocycles. The van der Waals surface area contributed by atoms with Gasteiger partial charge in [0.05, 0.1) is 0 Å². The third-order valence-electron chi connectivity index (χ3n) is 3.18. The molecule has 0 aromatic heterocycles. The van der Waals surface area contributed by atoms with Gasteiger partial charge in [0, 0.05) is 37.0 Å². The number of carbonyl (C=O) groups excluding carboxylic acids is 1. The maximum atomic E-state index is 11.1. The van der Waals surface area contributed by atoms with E-state index >= 15 is 0 Å². The van der Waals surface area contributed by atoms with Gasteiger partial charge >= 0.3 is 0 Å². The number of rotatable bonds is 0. The molecule has 2 rings (SSSR count). The Morgan fingerprint density at radius 2 is 2.08 bits per heavy atom. The van der Waals surface area contributed by atoms with Crippen LogP contribution in [0.2, 0.25) is 0 Å². The molecule has 74 valence electrons. The first-order chi connectivity index (χ1) is 5.97. The van der Waals surface area contributed by atoms with Crippen LogP contribution in [0.5, 0.6) is 0 Å². The van der Waals surface area contributed by atoms with Gasteiger partial charge in [0.1, 0.15) is 0 Å². The van der Waals surface area contributed by atoms with Gasteiger partial charge in [0.2, 0.25) is 5.91 Å². The third-order valence-corrected chi connectivity index (χ3v) is 3.18. The lowest BCUT2D eigenvalue weighted by atomic mass is 10.0. The van der Waals surface area contributed by atoms with Crippen molar-refractivity contribution < 1.29 is 4.79 Å². The maximum absolute atomic E-state index is 11.1. The average Bonchev–Trinajstić information content (AvgIpc) is 2.40. The Bertz CT molecular complexity index is 216. The smallest absolute Gasteiger partial charge is 0.220 e. The van der Waals surface area contributed by atoms with E-state index in [1.807, 2.05) is 0 Å². The van der Waals surface area contributed by atoms with E-state index in [0.29, 0.717) is 12.0 Å². The molecule has 2 fully saturated rings. The number of carbonyl (C=O) groups is 1. The minimum absolute atomic E-state index is 0.239. The summed E-state index contributed by atoms with van der Waals surface area (Å²) in [6.45, 7) is 8.80. The fourth-order valence-corrected chi connectivity index (χ4v) is 2.29. The van der Waals surface area contributed by atoms with E-state index in [4.69, 9.17) is 0 Å². The second-order valence-corrected chi connectivity index (χ2v) is 5.21. The molecule has 0 saturated carbocycles. The van der Waals surface area contributed by atoms with Gasteiger partial charge in [0.15, 0.2) is 0 Å². The Morgan fingerprint density at radius 3 is 2.62 bits per heavy atom. The van der Waals surface area contributed by atoms with Crippen molar-refractivity contribution in [2.45, 2.75) is 38.8 Å². The molecule has 2 atom stereocenters. The lowest BCUT2D eigenvalue weighted by Gasteiger charge is -2.32. The van der Waals surface area contributed by atoms with Gasteiger partial charge in [0.25, 0.3) is 0 Å². The molecule has 2 aliphatic rings. The summed E-state index contributed by atoms with van der Waals surface area (Å²) in [5.74, 6) is 0.801. The van der Waals surface area contributed by atoms with Crippen molar-refractivity contribution in [3.8, 4) is 0 Å². The molecule has 3 nitrogen and oxygen atoms in total. The van der Waals surface area contributed by atoms with Gasteiger partial charge in [-0.3, -0.25) is 9.69 Å². The number of nitrogens with one attached hydrogen (secondary N) is 1. The van der Waals surface area contributed by atoms with E-state index in [9.17, 15) is 4.79 Å². The average molecular weight is 182 g/mol. The first-order valence-electron chi connectivity index (χ1n) is 5.01. The van der Waals surface area contributed by atoms with Crippen molar-refractivity contribution >= 4 is 5.91 Å². The lowest BCUT2D eigenvalue weighted by Crippen LogP contribution is -2.42. The van der Waals surface area contributed by atoms with E-state index in [1.165, 1.54) is 0 Å². The predicted molar refractivity (Wildman–Crippen MR) is 51.4 cm³/mol. The minimum Gasteiger partial charge on any atom is -0.352 e. The number of amides is 1. The van der Waals surface area contributed by atoms with Gasteiger partial charge in [-0.1, -0.05) is 0 Å². The largest absolute Gasteiger partial charge is 0.352 e. The molecule has 0 spiro atoms. The van der Waals surface area contributed by atoms with Crippen molar-refractivity contribution in [3.05, 3.63) is 0 Å². The molecule has 0 radical (unpaired) electrons. The number of fused-ring (bicyclic) bond motifs is 1. The Hall–Kier alpha value is -0.570. The summed E-state index contributed by atoms with van der Waals surface area (Å²) in [6, 6.07) is 0.423. The fraction of sp³-hybridized carbons (Fsp3) is 0.900. The second-order valence-electron chi connectivity index (χ2n) is 5.21. The van der Waals surface area contributed by atoms with Crippen LogP contribution >= 0.6 is 0 Å². The van der Waals surface area contributed by atoms with E-state index in [-0.39, 0.29) is 11.4 Å². The number of hydrogen-bond acceptors (Lipinski definition) is 2. The Morgan fingerprint density at radius 1 is 1.38 bits per heavy atom. The molecular weight excluding hydrogens is 164 g/mol. The highest BCUT2D eigenvalue weighted by Crippen LogP contribution is 2.29. The van der Waals surface area contributed by atoms with Gasteiger partial charge in [-0.25, -0.2) is 0 Å². The van der Waals surface area contributed by atoms with E-state index in [0.717, 1.165) is 19.5 Å². The molecule has 2 aliphatic heterocycles. The lowest BCUT2D eigenvalue weighted by molar-refractivity contribution is -0.119. The summed E-state index contributed by atoms with van der Waals surface area (Å²) in [5.41, 5.74) is 0.245. The van der Waals surface area contributed by atoms with Crippen molar-refractivity contribution in [2.75, 3.05) is 13.1 Å². The van der Waals surface area contributed by atoms with Crippen LogP contribution in [-0.4, -0.2) is 35.5 Å². The van der Waals surface area contributed by atoms with Gasteiger partial charge in [-0.05, 0) is 20.8 Å². The maximum Gasteiger partial charge on any atom is 0.220 e. The SMILES string of the molecule is CC(C)(C)N1CC2CC(=O)NC2C1. The molecule has 2 unspecified atom stereocenters. The molecule has 13 heavy (non-hydrogen) atoms. The monoisotopic (exact) mass is 182 g/mol. The molecule has 0 bridgehead atoms. The minimum atomic E-state index is 0.239. The molecular formula is C10H18N2O. The van der Waals surface area contributed by atoms with Crippen LogP contribution in [-0.2, 0) is 4.79 Å². The molecule has 3 heteroatoms. The Labute approximate surface area is 79.5 Å². The third kappa shape index (κ3) is 1.57. The van der Waals surface area contributed by atoms with E-state index in [2.05, 4.69) is 31.0 Å². The van der Waals surface area contributed by atoms with Crippen LogP contribution in [0, 0.1) is 5.92 Å². The standard InChI is InChI=1S/C10H18N2O/c1-10(2,3)12-5-7-4-9(13)11-8(7)6-12/h7-8H,4-6H2,1-3H3,(H,11,13). The van der Waals surface area contributed by atoms with Crippen molar-refractivity contribution in [1.29, 1.82) is 0 Å². The summed E-state index contributed by atoms with van der Waals surface area (Å²) < 4.78 is 0. The van der Waals surface area contributed by atoms with E-state index in [1.54, 1.807) is 0 Å². The number of likely N-dealkylation sites (tertiary alicyclic amines) is 1. The zero-order valence-corrected chi connectivity index (χ0v) is 8.63. The van der Waals surface area contributed by atoms with Gasteiger partial charge in [-0.15, -0.1) is 0 Å². The van der Waals surface area contributed by atoms with Gasteiger partial charge in [-0.2, -0.15) is 0 Å². The summed E-state index contributed by atoms with van der Waals surface area (Å²) in [7, 11) is 0. The molecule has 1 amide bonds. The van der Waals surface area contributed by atoms with Crippen LogP contribution in [0.3, 0.4) is 0 Å². The summed E-state index contributed by atoms with van der Waals surface area (Å²) in [5, 5.41) is 3.04. The highest BCUT2D eigenvalue weighted by atomic mass is 16.2. The van der Waals surface area contributed by atoms with E-state index < -0.39 is 0 Å². The summed E-state index contributed by atoms with van der Waals surface area (Å²) >= 11 is 0. The normalized spacial score (nSPS) is 34.8. The molecule has 2 heterocycles. The predicted octanol–water partition coefficient (Wildman–Crippen LogP) is 0.605. The Balaban J connectivity index is 2.01. The van der Waals surface area contributed by atoms with Crippen LogP contribution < -0.4 is 5.32 Å². The highest BCUT2D eigenvalue weighted by Gasteiger charge is 2.42. The molecule has 2 saturated heterocycles. The van der Waals surface area contributed by atoms with Crippen LogP contribution in [0.25, 0.3) is 0 Å². The number of nitrogens with zero attached hydrogens (tertiary/aromatic N) is 1. The Kier molecular flexibility index (Phi) is 1.88. The van der Waals surface area contributed by atoms with Crippen LogP contribution in [0.15, 0.2) is 0 Å². The van der Waals surface area contributed by atoms with Gasteiger partial charge < -0.3 is 5.32 Å². The number of hydrogen-bond donors (Lipinski definition) is 1.